The summed E-state index contributed by atoms with van der Waals surface area (Å²) in [5.74, 6) is 1.34. The zero-order valence-electron chi connectivity index (χ0n) is 17.7. The first-order chi connectivity index (χ1) is 15.0. The number of para-hydroxylation sites is 1. The Bertz CT molecular complexity index is 1080. The zero-order chi connectivity index (χ0) is 22.0. The minimum Gasteiger partial charge on any atom is -0.497 e. The van der Waals surface area contributed by atoms with Gasteiger partial charge in [-0.2, -0.15) is 4.99 Å². The Labute approximate surface area is 185 Å². The predicted octanol–water partition coefficient (Wildman–Crippen LogP) is 3.36. The molecule has 2 aromatic rings. The number of nitrogens with zero attached hydrogens (tertiary/aromatic N) is 3. The summed E-state index contributed by atoms with van der Waals surface area (Å²) < 4.78 is 5.22. The van der Waals surface area contributed by atoms with Crippen LogP contribution in [0.4, 0.5) is 5.69 Å². The molecule has 0 fully saturated rings. The van der Waals surface area contributed by atoms with Crippen LogP contribution < -0.4 is 10.1 Å². The summed E-state index contributed by atoms with van der Waals surface area (Å²) in [5, 5.41) is 3.55. The monoisotopic (exact) mass is 436 g/mol. The van der Waals surface area contributed by atoms with Crippen LogP contribution >= 0.6 is 11.8 Å². The Balaban J connectivity index is 1.48. The van der Waals surface area contributed by atoms with Gasteiger partial charge in [0.25, 0.3) is 5.91 Å². The van der Waals surface area contributed by atoms with Crippen LogP contribution in [0.25, 0.3) is 0 Å². The fourth-order valence-electron chi connectivity index (χ4n) is 3.63. The van der Waals surface area contributed by atoms with E-state index < -0.39 is 6.04 Å². The van der Waals surface area contributed by atoms with Gasteiger partial charge in [0, 0.05) is 12.1 Å². The van der Waals surface area contributed by atoms with Gasteiger partial charge < -0.3 is 10.1 Å². The summed E-state index contributed by atoms with van der Waals surface area (Å²) in [5.41, 5.74) is 2.56. The number of benzene rings is 2. The van der Waals surface area contributed by atoms with Gasteiger partial charge in [-0.05, 0) is 35.7 Å². The summed E-state index contributed by atoms with van der Waals surface area (Å²) in [7, 11) is 1.61. The zero-order valence-corrected chi connectivity index (χ0v) is 18.5. The van der Waals surface area contributed by atoms with Crippen molar-refractivity contribution in [2.45, 2.75) is 26.4 Å². The molecule has 1 unspecified atom stereocenters. The van der Waals surface area contributed by atoms with Crippen molar-refractivity contribution in [2.24, 2.45) is 15.9 Å². The highest BCUT2D eigenvalue weighted by molar-refractivity contribution is 8.14. The van der Waals surface area contributed by atoms with Crippen LogP contribution in [0.5, 0.6) is 5.75 Å². The van der Waals surface area contributed by atoms with Crippen molar-refractivity contribution in [1.82, 2.24) is 10.2 Å². The van der Waals surface area contributed by atoms with E-state index in [1.54, 1.807) is 7.11 Å². The lowest BCUT2D eigenvalue weighted by atomic mass is 10.0. The quantitative estimate of drug-likeness (QED) is 0.751. The van der Waals surface area contributed by atoms with Gasteiger partial charge in [0.05, 0.1) is 18.6 Å². The molecule has 2 amide bonds. The highest BCUT2D eigenvalue weighted by Crippen LogP contribution is 2.35. The van der Waals surface area contributed by atoms with Crippen LogP contribution in [0, 0.1) is 5.92 Å². The lowest BCUT2D eigenvalue weighted by molar-refractivity contribution is -0.120. The number of thioether (sulfide) groups is 1. The molecule has 2 heterocycles. The molecular formula is C23H24N4O3S. The second-order valence-electron chi connectivity index (χ2n) is 7.66. The molecule has 0 spiro atoms. The summed E-state index contributed by atoms with van der Waals surface area (Å²) in [4.78, 5) is 36.1. The highest BCUT2D eigenvalue weighted by Gasteiger charge is 2.43. The Morgan fingerprint density at radius 3 is 2.77 bits per heavy atom. The molecule has 4 rings (SSSR count). The van der Waals surface area contributed by atoms with E-state index in [4.69, 9.17) is 9.73 Å². The molecule has 0 saturated carbocycles. The maximum atomic E-state index is 12.6. The lowest BCUT2D eigenvalue weighted by Crippen LogP contribution is -2.46. The minimum atomic E-state index is -0.408. The molecule has 160 valence electrons. The fraction of sp³-hybridized carbons (Fsp3) is 0.304. The van der Waals surface area contributed by atoms with E-state index in [-0.39, 0.29) is 23.5 Å². The number of nitrogens with one attached hydrogen (secondary N) is 1. The van der Waals surface area contributed by atoms with Gasteiger partial charge in [-0.25, -0.2) is 4.99 Å². The fourth-order valence-corrected chi connectivity index (χ4v) is 4.50. The molecule has 0 bridgehead atoms. The maximum absolute atomic E-state index is 12.6. The Morgan fingerprint density at radius 1 is 1.19 bits per heavy atom. The molecule has 2 aliphatic heterocycles. The molecular weight excluding hydrogens is 412 g/mol. The number of aliphatic imine (C=N–C) groups is 2. The van der Waals surface area contributed by atoms with Crippen molar-refractivity contribution in [3.63, 3.8) is 0 Å². The van der Waals surface area contributed by atoms with Crippen molar-refractivity contribution in [3.05, 3.63) is 59.7 Å². The normalized spacial score (nSPS) is 17.1. The number of carbonyl (C=O) groups excluding carboxylic acids is 2. The average molecular weight is 437 g/mol. The Morgan fingerprint density at radius 2 is 2.00 bits per heavy atom. The van der Waals surface area contributed by atoms with Crippen molar-refractivity contribution in [1.29, 1.82) is 0 Å². The van der Waals surface area contributed by atoms with Crippen molar-refractivity contribution >= 4 is 40.3 Å². The van der Waals surface area contributed by atoms with Gasteiger partial charge >= 0.3 is 0 Å². The third-order valence-corrected chi connectivity index (χ3v) is 6.08. The van der Waals surface area contributed by atoms with Crippen molar-refractivity contribution < 1.29 is 14.3 Å². The Hall–Kier alpha value is -3.13. The van der Waals surface area contributed by atoms with Crippen molar-refractivity contribution in [3.8, 4) is 5.75 Å². The molecule has 2 aliphatic rings. The molecule has 2 aromatic carbocycles. The number of methoxy groups -OCH3 is 1. The number of hydrogen-bond donors (Lipinski definition) is 1. The van der Waals surface area contributed by atoms with E-state index in [1.165, 1.54) is 11.8 Å². The molecule has 0 radical (unpaired) electrons. The summed E-state index contributed by atoms with van der Waals surface area (Å²) >= 11 is 1.32. The predicted molar refractivity (Wildman–Crippen MR) is 123 cm³/mol. The second kappa shape index (κ2) is 8.93. The second-order valence-corrected chi connectivity index (χ2v) is 8.60. The first-order valence-corrected chi connectivity index (χ1v) is 11.1. The number of hydrogen-bond acceptors (Lipinski definition) is 6. The molecule has 1 N–H and O–H groups in total. The number of carbonyl (C=O) groups is 2. The van der Waals surface area contributed by atoms with Crippen LogP contribution in [0.15, 0.2) is 58.5 Å². The van der Waals surface area contributed by atoms with Crippen LogP contribution in [0.2, 0.25) is 0 Å². The van der Waals surface area contributed by atoms with E-state index in [2.05, 4.69) is 10.3 Å². The van der Waals surface area contributed by atoms with Gasteiger partial charge in [0.2, 0.25) is 5.91 Å². The van der Waals surface area contributed by atoms with E-state index in [1.807, 2.05) is 67.3 Å². The number of amidine groups is 2. The van der Waals surface area contributed by atoms with Crippen LogP contribution in [-0.4, -0.2) is 46.6 Å². The molecule has 0 aliphatic carbocycles. The highest BCUT2D eigenvalue weighted by atomic mass is 32.2. The number of fused-ring (bicyclic) bond motifs is 3. The van der Waals surface area contributed by atoms with E-state index in [9.17, 15) is 9.59 Å². The van der Waals surface area contributed by atoms with E-state index in [0.717, 1.165) is 22.6 Å². The van der Waals surface area contributed by atoms with Crippen molar-refractivity contribution in [2.75, 3.05) is 12.9 Å². The standard InChI is InChI=1S/C23H24N4O3S/c1-14(2)20-22(29)26-21-17-9-4-5-10-18(17)25-23(27(20)21)31-13-19(28)24-12-15-7-6-8-16(11-15)30-3/h4-11,14,20H,12-13H2,1-3H3,(H,24,28). The largest absolute Gasteiger partial charge is 0.497 e. The summed E-state index contributed by atoms with van der Waals surface area (Å²) in [6.07, 6.45) is 0. The number of amides is 2. The maximum Gasteiger partial charge on any atom is 0.271 e. The van der Waals surface area contributed by atoms with E-state index in [0.29, 0.717) is 17.5 Å². The molecule has 0 aromatic heterocycles. The summed E-state index contributed by atoms with van der Waals surface area (Å²) in [6, 6.07) is 14.8. The first kappa shape index (κ1) is 21.1. The lowest BCUT2D eigenvalue weighted by Gasteiger charge is -2.32. The van der Waals surface area contributed by atoms with Gasteiger partial charge in [0.1, 0.15) is 17.6 Å². The average Bonchev–Trinajstić information content (AvgIpc) is 3.13. The molecule has 8 heteroatoms. The van der Waals surface area contributed by atoms with Gasteiger partial charge in [-0.1, -0.05) is 49.9 Å². The van der Waals surface area contributed by atoms with Crippen LogP contribution in [-0.2, 0) is 16.1 Å². The van der Waals surface area contributed by atoms with Crippen LogP contribution in [0.3, 0.4) is 0 Å². The van der Waals surface area contributed by atoms with Gasteiger partial charge in [-0.3, -0.25) is 14.5 Å². The molecule has 7 nitrogen and oxygen atoms in total. The smallest absolute Gasteiger partial charge is 0.271 e. The third kappa shape index (κ3) is 4.34. The minimum absolute atomic E-state index is 0.0618. The molecule has 31 heavy (non-hydrogen) atoms. The van der Waals surface area contributed by atoms with Crippen LogP contribution in [0.1, 0.15) is 25.0 Å². The molecule has 0 saturated heterocycles. The van der Waals surface area contributed by atoms with Gasteiger partial charge in [-0.15, -0.1) is 0 Å². The van der Waals surface area contributed by atoms with Gasteiger partial charge in [0.15, 0.2) is 5.17 Å². The SMILES string of the molecule is COc1cccc(CNC(=O)CSC2=Nc3ccccc3C3=NC(=O)C(C(C)C)N23)c1. The number of ether oxygens (including phenoxy) is 1. The van der Waals surface area contributed by atoms with E-state index >= 15 is 0 Å². The topological polar surface area (TPSA) is 83.4 Å². The third-order valence-electron chi connectivity index (χ3n) is 5.13. The Kier molecular flexibility index (Phi) is 6.08. The molecule has 1 atom stereocenters. The number of rotatable bonds is 6. The summed E-state index contributed by atoms with van der Waals surface area (Å²) in [6.45, 7) is 4.39. The first-order valence-electron chi connectivity index (χ1n) is 10.1.